The standard InChI is InChI=1S/C21H22N4O3/c1-25-18-8-3-2-7-17(18)22-19(25)12-20(26)23-24-21(27)13-28-16-10-9-14-5-4-6-15(14)11-16/h2-3,7-11H,4-6,12-13H2,1H3,(H,23,26)(H,24,27). The van der Waals surface area contributed by atoms with Crippen LogP contribution >= 0.6 is 0 Å². The third kappa shape index (κ3) is 3.83. The first kappa shape index (κ1) is 18.0. The third-order valence-corrected chi connectivity index (χ3v) is 4.98. The largest absolute Gasteiger partial charge is 0.484 e. The molecule has 2 N–H and O–H groups in total. The second-order valence-electron chi connectivity index (χ2n) is 6.92. The highest BCUT2D eigenvalue weighted by Crippen LogP contribution is 2.25. The maximum Gasteiger partial charge on any atom is 0.276 e. The molecule has 0 atom stereocenters. The summed E-state index contributed by atoms with van der Waals surface area (Å²) >= 11 is 0. The minimum Gasteiger partial charge on any atom is -0.484 e. The van der Waals surface area contributed by atoms with Crippen molar-refractivity contribution in [2.75, 3.05) is 6.61 Å². The van der Waals surface area contributed by atoms with Crippen LogP contribution in [0, 0.1) is 0 Å². The molecule has 2 aromatic carbocycles. The number of carbonyl (C=O) groups is 2. The van der Waals surface area contributed by atoms with Crippen LogP contribution in [0.4, 0.5) is 0 Å². The highest BCUT2D eigenvalue weighted by molar-refractivity contribution is 5.84. The lowest BCUT2D eigenvalue weighted by Crippen LogP contribution is -2.44. The molecule has 28 heavy (non-hydrogen) atoms. The molecule has 3 aromatic rings. The number of nitrogens with zero attached hydrogens (tertiary/aromatic N) is 2. The van der Waals surface area contributed by atoms with E-state index in [1.807, 2.05) is 54.1 Å². The topological polar surface area (TPSA) is 85.2 Å². The van der Waals surface area contributed by atoms with Gasteiger partial charge in [-0.25, -0.2) is 4.98 Å². The van der Waals surface area contributed by atoms with Crippen LogP contribution in [0.25, 0.3) is 11.0 Å². The SMILES string of the molecule is Cn1c(CC(=O)NNC(=O)COc2ccc3c(c2)CCC3)nc2ccccc21. The highest BCUT2D eigenvalue weighted by atomic mass is 16.5. The zero-order valence-corrected chi connectivity index (χ0v) is 15.7. The highest BCUT2D eigenvalue weighted by Gasteiger charge is 2.14. The molecule has 7 heteroatoms. The Labute approximate surface area is 162 Å². The zero-order chi connectivity index (χ0) is 19.5. The Morgan fingerprint density at radius 2 is 1.86 bits per heavy atom. The van der Waals surface area contributed by atoms with E-state index in [0.29, 0.717) is 11.6 Å². The average molecular weight is 378 g/mol. The maximum atomic E-state index is 12.1. The average Bonchev–Trinajstić information content (AvgIpc) is 3.29. The van der Waals surface area contributed by atoms with Crippen LogP contribution in [-0.4, -0.2) is 28.0 Å². The van der Waals surface area contributed by atoms with E-state index >= 15 is 0 Å². The molecule has 4 rings (SSSR count). The molecule has 0 spiro atoms. The van der Waals surface area contributed by atoms with E-state index in [0.717, 1.165) is 30.3 Å². The fraction of sp³-hybridized carbons (Fsp3) is 0.286. The number of rotatable bonds is 5. The van der Waals surface area contributed by atoms with Gasteiger partial charge in [0.15, 0.2) is 6.61 Å². The number of ether oxygens (including phenoxy) is 1. The number of carbonyl (C=O) groups excluding carboxylic acids is 2. The number of para-hydroxylation sites is 2. The molecular formula is C21H22N4O3. The van der Waals surface area contributed by atoms with E-state index in [-0.39, 0.29) is 18.9 Å². The number of imidazole rings is 1. The Balaban J connectivity index is 1.26. The number of hydrogen-bond acceptors (Lipinski definition) is 4. The van der Waals surface area contributed by atoms with Crippen LogP contribution in [-0.2, 0) is 35.9 Å². The van der Waals surface area contributed by atoms with Gasteiger partial charge in [0.1, 0.15) is 11.6 Å². The van der Waals surface area contributed by atoms with E-state index in [9.17, 15) is 9.59 Å². The van der Waals surface area contributed by atoms with Gasteiger partial charge in [0.25, 0.3) is 5.91 Å². The molecule has 0 saturated heterocycles. The quantitative estimate of drug-likeness (QED) is 0.664. The lowest BCUT2D eigenvalue weighted by atomic mass is 10.1. The third-order valence-electron chi connectivity index (χ3n) is 4.98. The first-order chi connectivity index (χ1) is 13.6. The molecule has 144 valence electrons. The minimum atomic E-state index is -0.418. The van der Waals surface area contributed by atoms with E-state index < -0.39 is 5.91 Å². The monoisotopic (exact) mass is 378 g/mol. The van der Waals surface area contributed by atoms with Crippen LogP contribution in [0.5, 0.6) is 5.75 Å². The predicted molar refractivity (Wildman–Crippen MR) is 105 cm³/mol. The number of fused-ring (bicyclic) bond motifs is 2. The first-order valence-corrected chi connectivity index (χ1v) is 9.33. The summed E-state index contributed by atoms with van der Waals surface area (Å²) in [6.07, 6.45) is 3.39. The molecule has 2 amide bonds. The van der Waals surface area contributed by atoms with Crippen LogP contribution in [0.3, 0.4) is 0 Å². The summed E-state index contributed by atoms with van der Waals surface area (Å²) in [7, 11) is 1.86. The summed E-state index contributed by atoms with van der Waals surface area (Å²) in [5.41, 5.74) is 9.21. The van der Waals surface area contributed by atoms with Crippen LogP contribution in [0.1, 0.15) is 23.4 Å². The molecule has 0 saturated carbocycles. The van der Waals surface area contributed by atoms with E-state index in [1.165, 1.54) is 11.1 Å². The summed E-state index contributed by atoms with van der Waals surface area (Å²) in [5, 5.41) is 0. The molecule has 0 bridgehead atoms. The van der Waals surface area contributed by atoms with Crippen molar-refractivity contribution < 1.29 is 14.3 Å². The smallest absolute Gasteiger partial charge is 0.276 e. The lowest BCUT2D eigenvalue weighted by Gasteiger charge is -2.10. The van der Waals surface area contributed by atoms with Crippen molar-refractivity contribution in [3.63, 3.8) is 0 Å². The van der Waals surface area contributed by atoms with E-state index in [4.69, 9.17) is 4.74 Å². The Hall–Kier alpha value is -3.35. The molecule has 0 unspecified atom stereocenters. The van der Waals surface area contributed by atoms with Crippen molar-refractivity contribution in [1.29, 1.82) is 0 Å². The number of nitrogens with one attached hydrogen (secondary N) is 2. The van der Waals surface area contributed by atoms with Crippen LogP contribution in [0.15, 0.2) is 42.5 Å². The first-order valence-electron chi connectivity index (χ1n) is 9.33. The van der Waals surface area contributed by atoms with Crippen molar-refractivity contribution >= 4 is 22.8 Å². The van der Waals surface area contributed by atoms with Gasteiger partial charge in [0.2, 0.25) is 5.91 Å². The number of aromatic nitrogens is 2. The minimum absolute atomic E-state index is 0.0666. The summed E-state index contributed by atoms with van der Waals surface area (Å²) in [5.74, 6) is 0.535. The van der Waals surface area contributed by atoms with Crippen molar-refractivity contribution in [3.05, 3.63) is 59.4 Å². The predicted octanol–water partition coefficient (Wildman–Crippen LogP) is 1.83. The molecular weight excluding hydrogens is 356 g/mol. The summed E-state index contributed by atoms with van der Waals surface area (Å²) in [6, 6.07) is 13.6. The van der Waals surface area contributed by atoms with Gasteiger partial charge in [0.05, 0.1) is 17.5 Å². The Morgan fingerprint density at radius 1 is 1.07 bits per heavy atom. The normalized spacial score (nSPS) is 12.6. The molecule has 0 aliphatic heterocycles. The van der Waals surface area contributed by atoms with Gasteiger partial charge in [-0.2, -0.15) is 0 Å². The molecule has 0 fully saturated rings. The number of hydrazine groups is 1. The lowest BCUT2D eigenvalue weighted by molar-refractivity contribution is -0.129. The summed E-state index contributed by atoms with van der Waals surface area (Å²) in [4.78, 5) is 28.5. The second-order valence-corrected chi connectivity index (χ2v) is 6.92. The Bertz CT molecular complexity index is 1040. The van der Waals surface area contributed by atoms with Crippen molar-refractivity contribution in [2.24, 2.45) is 7.05 Å². The summed E-state index contributed by atoms with van der Waals surface area (Å²) < 4.78 is 7.39. The number of hydrogen-bond donors (Lipinski definition) is 2. The second kappa shape index (κ2) is 7.72. The summed E-state index contributed by atoms with van der Waals surface area (Å²) in [6.45, 7) is -0.161. The molecule has 1 heterocycles. The Kier molecular flexibility index (Phi) is 4.97. The van der Waals surface area contributed by atoms with Crippen molar-refractivity contribution in [3.8, 4) is 5.75 Å². The molecule has 1 aromatic heterocycles. The maximum absolute atomic E-state index is 12.1. The number of amides is 2. The van der Waals surface area contributed by atoms with Crippen molar-refractivity contribution in [2.45, 2.75) is 25.7 Å². The van der Waals surface area contributed by atoms with Gasteiger partial charge in [0, 0.05) is 7.05 Å². The number of benzene rings is 2. The molecule has 1 aliphatic carbocycles. The van der Waals surface area contributed by atoms with Gasteiger partial charge in [-0.3, -0.25) is 20.4 Å². The van der Waals surface area contributed by atoms with Gasteiger partial charge in [-0.05, 0) is 54.7 Å². The fourth-order valence-electron chi connectivity index (χ4n) is 3.50. The van der Waals surface area contributed by atoms with Crippen molar-refractivity contribution in [1.82, 2.24) is 20.4 Å². The zero-order valence-electron chi connectivity index (χ0n) is 15.7. The molecule has 1 aliphatic rings. The van der Waals surface area contributed by atoms with E-state index in [1.54, 1.807) is 0 Å². The van der Waals surface area contributed by atoms with Crippen LogP contribution in [0.2, 0.25) is 0 Å². The van der Waals surface area contributed by atoms with Crippen LogP contribution < -0.4 is 15.6 Å². The molecule has 0 radical (unpaired) electrons. The van der Waals surface area contributed by atoms with E-state index in [2.05, 4.69) is 15.8 Å². The van der Waals surface area contributed by atoms with Gasteiger partial charge in [-0.1, -0.05) is 18.2 Å². The van der Waals surface area contributed by atoms with Gasteiger partial charge in [-0.15, -0.1) is 0 Å². The van der Waals surface area contributed by atoms with Gasteiger partial charge < -0.3 is 9.30 Å². The number of aryl methyl sites for hydroxylation is 3. The molecule has 7 nitrogen and oxygen atoms in total. The Morgan fingerprint density at radius 3 is 2.71 bits per heavy atom. The fourth-order valence-corrected chi connectivity index (χ4v) is 3.50. The van der Waals surface area contributed by atoms with Gasteiger partial charge >= 0.3 is 0 Å².